The van der Waals surface area contributed by atoms with Crippen LogP contribution in [0.1, 0.15) is 38.8 Å². The third-order valence-corrected chi connectivity index (χ3v) is 4.11. The van der Waals surface area contributed by atoms with Gasteiger partial charge in [-0.2, -0.15) is 0 Å². The molecule has 0 aromatic carbocycles. The molecule has 19 heavy (non-hydrogen) atoms. The van der Waals surface area contributed by atoms with Gasteiger partial charge in [-0.15, -0.1) is 5.10 Å². The molecule has 3 atom stereocenters. The molecule has 1 aliphatic carbocycles. The van der Waals surface area contributed by atoms with Gasteiger partial charge in [0, 0.05) is 6.04 Å². The Kier molecular flexibility index (Phi) is 4.52. The Hall–Kier alpha value is -1.43. The van der Waals surface area contributed by atoms with Gasteiger partial charge < -0.3 is 10.4 Å². The van der Waals surface area contributed by atoms with Crippen molar-refractivity contribution in [1.82, 2.24) is 20.3 Å². The van der Waals surface area contributed by atoms with Crippen LogP contribution >= 0.6 is 0 Å². The van der Waals surface area contributed by atoms with Crippen molar-refractivity contribution in [2.45, 2.75) is 52.3 Å². The number of hydrogen-bond donors (Lipinski definition) is 2. The summed E-state index contributed by atoms with van der Waals surface area (Å²) in [6.45, 7) is 4.45. The van der Waals surface area contributed by atoms with E-state index in [1.54, 1.807) is 6.20 Å². The van der Waals surface area contributed by atoms with Crippen LogP contribution in [0.2, 0.25) is 0 Å². The van der Waals surface area contributed by atoms with Gasteiger partial charge >= 0.3 is 0 Å². The summed E-state index contributed by atoms with van der Waals surface area (Å²) in [6, 6.07) is 0.261. The molecule has 6 heteroatoms. The SMILES string of the molecule is CC1CCCC(NC(=O)Cn2cc(CO)nn2)C1C. The molecule has 3 unspecified atom stereocenters. The van der Waals surface area contributed by atoms with E-state index >= 15 is 0 Å². The minimum atomic E-state index is -0.154. The molecule has 0 bridgehead atoms. The number of aliphatic hydroxyl groups is 1. The van der Waals surface area contributed by atoms with E-state index in [9.17, 15) is 4.79 Å². The molecule has 1 saturated carbocycles. The molecule has 1 aromatic rings. The molecule has 2 N–H and O–H groups in total. The maximum atomic E-state index is 12.0. The lowest BCUT2D eigenvalue weighted by molar-refractivity contribution is -0.123. The lowest BCUT2D eigenvalue weighted by atomic mass is 9.78. The first-order valence-electron chi connectivity index (χ1n) is 6.89. The summed E-state index contributed by atoms with van der Waals surface area (Å²) >= 11 is 0. The average molecular weight is 266 g/mol. The van der Waals surface area contributed by atoms with Gasteiger partial charge in [0.2, 0.25) is 5.91 Å². The first-order chi connectivity index (χ1) is 9.10. The van der Waals surface area contributed by atoms with Crippen molar-refractivity contribution in [2.24, 2.45) is 11.8 Å². The molecule has 106 valence electrons. The largest absolute Gasteiger partial charge is 0.390 e. The van der Waals surface area contributed by atoms with Gasteiger partial charge in [0.25, 0.3) is 0 Å². The Labute approximate surface area is 113 Å². The molecule has 1 amide bonds. The fraction of sp³-hybridized carbons (Fsp3) is 0.769. The highest BCUT2D eigenvalue weighted by Crippen LogP contribution is 2.29. The van der Waals surface area contributed by atoms with Gasteiger partial charge in [0.1, 0.15) is 12.2 Å². The van der Waals surface area contributed by atoms with Gasteiger partial charge in [-0.3, -0.25) is 4.79 Å². The second kappa shape index (κ2) is 6.14. The minimum absolute atomic E-state index is 0.0414. The fourth-order valence-corrected chi connectivity index (χ4v) is 2.67. The summed E-state index contributed by atoms with van der Waals surface area (Å²) in [5, 5.41) is 19.5. The van der Waals surface area contributed by atoms with E-state index in [0.717, 1.165) is 6.42 Å². The average Bonchev–Trinajstić information content (AvgIpc) is 2.82. The summed E-state index contributed by atoms with van der Waals surface area (Å²) in [7, 11) is 0. The maximum Gasteiger partial charge on any atom is 0.242 e. The minimum Gasteiger partial charge on any atom is -0.390 e. The smallest absolute Gasteiger partial charge is 0.242 e. The highest BCUT2D eigenvalue weighted by Gasteiger charge is 2.28. The number of hydrogen-bond acceptors (Lipinski definition) is 4. The number of nitrogens with zero attached hydrogens (tertiary/aromatic N) is 3. The highest BCUT2D eigenvalue weighted by atomic mass is 16.3. The van der Waals surface area contributed by atoms with E-state index < -0.39 is 0 Å². The molecule has 2 rings (SSSR count). The third kappa shape index (κ3) is 3.53. The predicted molar refractivity (Wildman–Crippen MR) is 70.1 cm³/mol. The van der Waals surface area contributed by atoms with Crippen molar-refractivity contribution in [1.29, 1.82) is 0 Å². The summed E-state index contributed by atoms with van der Waals surface area (Å²) in [4.78, 5) is 12.0. The van der Waals surface area contributed by atoms with Crippen LogP contribution in [0.5, 0.6) is 0 Å². The van der Waals surface area contributed by atoms with Crippen molar-refractivity contribution in [3.63, 3.8) is 0 Å². The monoisotopic (exact) mass is 266 g/mol. The number of amides is 1. The molecule has 1 fully saturated rings. The van der Waals surface area contributed by atoms with E-state index in [1.165, 1.54) is 17.5 Å². The van der Waals surface area contributed by atoms with Crippen molar-refractivity contribution < 1.29 is 9.90 Å². The van der Waals surface area contributed by atoms with Crippen molar-refractivity contribution in [3.8, 4) is 0 Å². The zero-order valence-electron chi connectivity index (χ0n) is 11.5. The maximum absolute atomic E-state index is 12.0. The lowest BCUT2D eigenvalue weighted by Crippen LogP contribution is -2.44. The van der Waals surface area contributed by atoms with Gasteiger partial charge in [0.05, 0.1) is 12.8 Å². The van der Waals surface area contributed by atoms with Crippen molar-refractivity contribution in [3.05, 3.63) is 11.9 Å². The van der Waals surface area contributed by atoms with Crippen LogP contribution in [0.4, 0.5) is 0 Å². The van der Waals surface area contributed by atoms with Crippen LogP contribution in [0.3, 0.4) is 0 Å². The Morgan fingerprint density at radius 1 is 1.53 bits per heavy atom. The van der Waals surface area contributed by atoms with E-state index in [4.69, 9.17) is 5.11 Å². The molecule has 0 radical (unpaired) electrons. The predicted octanol–water partition coefficient (Wildman–Crippen LogP) is 0.711. The Morgan fingerprint density at radius 2 is 2.32 bits per heavy atom. The molecule has 1 aromatic heterocycles. The zero-order valence-corrected chi connectivity index (χ0v) is 11.5. The number of aromatic nitrogens is 3. The summed E-state index contributed by atoms with van der Waals surface area (Å²) in [5.41, 5.74) is 0.479. The molecule has 0 saturated heterocycles. The number of carbonyl (C=O) groups is 1. The van der Waals surface area contributed by atoms with Gasteiger partial charge in [-0.25, -0.2) is 4.68 Å². The van der Waals surface area contributed by atoms with E-state index in [2.05, 4.69) is 29.5 Å². The van der Waals surface area contributed by atoms with Crippen LogP contribution < -0.4 is 5.32 Å². The number of rotatable bonds is 4. The van der Waals surface area contributed by atoms with Crippen LogP contribution in [0.15, 0.2) is 6.20 Å². The Bertz CT molecular complexity index is 432. The van der Waals surface area contributed by atoms with E-state index in [1.807, 2.05) is 0 Å². The second-order valence-electron chi connectivity index (χ2n) is 5.51. The lowest BCUT2D eigenvalue weighted by Gasteiger charge is -2.34. The first kappa shape index (κ1) is 14.0. The normalized spacial score (nSPS) is 27.2. The topological polar surface area (TPSA) is 80.0 Å². The highest BCUT2D eigenvalue weighted by molar-refractivity contribution is 5.76. The zero-order chi connectivity index (χ0) is 13.8. The number of aliphatic hydroxyl groups excluding tert-OH is 1. The van der Waals surface area contributed by atoms with Crippen LogP contribution in [0.25, 0.3) is 0 Å². The van der Waals surface area contributed by atoms with Gasteiger partial charge in [0.15, 0.2) is 0 Å². The summed E-state index contributed by atoms with van der Waals surface area (Å²) in [6.07, 6.45) is 5.06. The van der Waals surface area contributed by atoms with Crippen LogP contribution in [-0.4, -0.2) is 32.0 Å². The number of nitrogens with one attached hydrogen (secondary N) is 1. The standard InChI is InChI=1S/C13H22N4O2/c1-9-4-3-5-12(10(9)2)14-13(19)7-17-6-11(8-18)15-16-17/h6,9-10,12,18H,3-5,7-8H2,1-2H3,(H,14,19). The molecule has 0 spiro atoms. The van der Waals surface area contributed by atoms with Gasteiger partial charge in [-0.1, -0.05) is 31.9 Å². The van der Waals surface area contributed by atoms with Gasteiger partial charge in [-0.05, 0) is 18.3 Å². The van der Waals surface area contributed by atoms with E-state index in [0.29, 0.717) is 17.5 Å². The van der Waals surface area contributed by atoms with Crippen LogP contribution in [-0.2, 0) is 17.9 Å². The molecule has 6 nitrogen and oxygen atoms in total. The molecular weight excluding hydrogens is 244 g/mol. The summed E-state index contributed by atoms with van der Waals surface area (Å²) < 4.78 is 1.46. The summed E-state index contributed by atoms with van der Waals surface area (Å²) in [5.74, 6) is 1.13. The molecule has 1 heterocycles. The quantitative estimate of drug-likeness (QED) is 0.841. The Morgan fingerprint density at radius 3 is 3.00 bits per heavy atom. The molecule has 1 aliphatic rings. The molecular formula is C13H22N4O2. The van der Waals surface area contributed by atoms with Crippen LogP contribution in [0, 0.1) is 11.8 Å². The third-order valence-electron chi connectivity index (χ3n) is 4.11. The number of carbonyl (C=O) groups excluding carboxylic acids is 1. The molecule has 0 aliphatic heterocycles. The van der Waals surface area contributed by atoms with Crippen molar-refractivity contribution in [2.75, 3.05) is 0 Å². The fourth-order valence-electron chi connectivity index (χ4n) is 2.67. The van der Waals surface area contributed by atoms with E-state index in [-0.39, 0.29) is 25.1 Å². The second-order valence-corrected chi connectivity index (χ2v) is 5.51. The van der Waals surface area contributed by atoms with Crippen molar-refractivity contribution >= 4 is 5.91 Å². The Balaban J connectivity index is 1.86. The first-order valence-corrected chi connectivity index (χ1v) is 6.89.